The van der Waals surface area contributed by atoms with Gasteiger partial charge in [0.15, 0.2) is 0 Å². The van der Waals surface area contributed by atoms with E-state index < -0.39 is 0 Å². The van der Waals surface area contributed by atoms with E-state index in [2.05, 4.69) is 5.32 Å². The Kier molecular flexibility index (Phi) is 3.45. The summed E-state index contributed by atoms with van der Waals surface area (Å²) in [4.78, 5) is 12.0. The molecule has 1 N–H and O–H groups in total. The fourth-order valence-electron chi connectivity index (χ4n) is 1.57. The highest BCUT2D eigenvalue weighted by molar-refractivity contribution is 6.34. The number of hydrogen-bond donors (Lipinski definition) is 1. The van der Waals surface area contributed by atoms with Gasteiger partial charge in [0.05, 0.1) is 10.6 Å². The predicted molar refractivity (Wildman–Crippen MR) is 70.6 cm³/mol. The molecule has 17 heavy (non-hydrogen) atoms. The molecular weight excluding hydrogens is 234 g/mol. The number of rotatable bonds is 2. The van der Waals surface area contributed by atoms with Gasteiger partial charge >= 0.3 is 0 Å². The normalized spacial score (nSPS) is 10.0. The Labute approximate surface area is 105 Å². The van der Waals surface area contributed by atoms with Crippen LogP contribution in [-0.2, 0) is 0 Å². The van der Waals surface area contributed by atoms with Crippen LogP contribution in [0.3, 0.4) is 0 Å². The van der Waals surface area contributed by atoms with E-state index in [-0.39, 0.29) is 5.91 Å². The lowest BCUT2D eigenvalue weighted by molar-refractivity contribution is 0.102. The minimum atomic E-state index is -0.193. The summed E-state index contributed by atoms with van der Waals surface area (Å²) in [5.74, 6) is -0.193. The Morgan fingerprint density at radius 2 is 1.88 bits per heavy atom. The van der Waals surface area contributed by atoms with Crippen molar-refractivity contribution in [2.75, 3.05) is 5.32 Å². The van der Waals surface area contributed by atoms with Gasteiger partial charge in [-0.15, -0.1) is 0 Å². The van der Waals surface area contributed by atoms with E-state index in [4.69, 9.17) is 11.6 Å². The highest BCUT2D eigenvalue weighted by Crippen LogP contribution is 2.17. The number of carbonyl (C=O) groups excluding carboxylic acids is 1. The molecule has 0 fully saturated rings. The van der Waals surface area contributed by atoms with Gasteiger partial charge < -0.3 is 5.32 Å². The average Bonchev–Trinajstić information content (AvgIpc) is 2.29. The number of carbonyl (C=O) groups is 1. The van der Waals surface area contributed by atoms with Gasteiger partial charge in [0.2, 0.25) is 0 Å². The van der Waals surface area contributed by atoms with Gasteiger partial charge in [-0.2, -0.15) is 0 Å². The second-order valence-corrected chi connectivity index (χ2v) is 4.21. The fraction of sp³-hybridized carbons (Fsp3) is 0.0714. The highest BCUT2D eigenvalue weighted by atomic mass is 35.5. The minimum absolute atomic E-state index is 0.193. The lowest BCUT2D eigenvalue weighted by Crippen LogP contribution is -2.12. The number of amides is 1. The van der Waals surface area contributed by atoms with Crippen LogP contribution in [0.2, 0.25) is 5.02 Å². The van der Waals surface area contributed by atoms with Gasteiger partial charge in [0.1, 0.15) is 0 Å². The van der Waals surface area contributed by atoms with E-state index in [1.807, 2.05) is 31.2 Å². The van der Waals surface area contributed by atoms with Crippen LogP contribution < -0.4 is 5.32 Å². The lowest BCUT2D eigenvalue weighted by atomic mass is 10.2. The van der Waals surface area contributed by atoms with Gasteiger partial charge in [-0.1, -0.05) is 35.9 Å². The van der Waals surface area contributed by atoms with Crippen LogP contribution in [0.15, 0.2) is 48.5 Å². The third-order valence-electron chi connectivity index (χ3n) is 2.39. The quantitative estimate of drug-likeness (QED) is 0.854. The topological polar surface area (TPSA) is 29.1 Å². The monoisotopic (exact) mass is 245 g/mol. The summed E-state index contributed by atoms with van der Waals surface area (Å²) < 4.78 is 0. The molecule has 0 aliphatic carbocycles. The van der Waals surface area contributed by atoms with Crippen molar-refractivity contribution in [3.63, 3.8) is 0 Å². The third kappa shape index (κ3) is 2.86. The molecular formula is C14H12ClNO. The van der Waals surface area contributed by atoms with Gasteiger partial charge in [-0.3, -0.25) is 4.79 Å². The summed E-state index contributed by atoms with van der Waals surface area (Å²) in [6.07, 6.45) is 0. The molecule has 0 atom stereocenters. The SMILES string of the molecule is Cc1cccc(NC(=O)c2ccccc2Cl)c1. The number of anilines is 1. The molecule has 1 amide bonds. The summed E-state index contributed by atoms with van der Waals surface area (Å²) in [6, 6.07) is 14.6. The van der Waals surface area contributed by atoms with E-state index in [1.165, 1.54) is 0 Å². The first-order valence-electron chi connectivity index (χ1n) is 5.29. The zero-order valence-electron chi connectivity index (χ0n) is 9.41. The van der Waals surface area contributed by atoms with E-state index in [0.29, 0.717) is 10.6 Å². The van der Waals surface area contributed by atoms with E-state index in [1.54, 1.807) is 24.3 Å². The Bertz CT molecular complexity index is 551. The smallest absolute Gasteiger partial charge is 0.257 e. The van der Waals surface area contributed by atoms with Crippen molar-refractivity contribution in [2.45, 2.75) is 6.92 Å². The highest BCUT2D eigenvalue weighted by Gasteiger charge is 2.09. The lowest BCUT2D eigenvalue weighted by Gasteiger charge is -2.07. The summed E-state index contributed by atoms with van der Waals surface area (Å²) in [7, 11) is 0. The zero-order valence-corrected chi connectivity index (χ0v) is 10.2. The molecule has 0 aliphatic heterocycles. The van der Waals surface area contributed by atoms with E-state index in [0.717, 1.165) is 11.3 Å². The first-order valence-corrected chi connectivity index (χ1v) is 5.67. The van der Waals surface area contributed by atoms with Crippen molar-refractivity contribution in [2.24, 2.45) is 0 Å². The number of halogens is 1. The maximum Gasteiger partial charge on any atom is 0.257 e. The number of nitrogens with one attached hydrogen (secondary N) is 1. The Morgan fingerprint density at radius 1 is 1.12 bits per heavy atom. The van der Waals surface area contributed by atoms with Crippen LogP contribution in [-0.4, -0.2) is 5.91 Å². The molecule has 2 aromatic rings. The van der Waals surface area contributed by atoms with Crippen molar-refractivity contribution >= 4 is 23.2 Å². The molecule has 0 heterocycles. The molecule has 0 bridgehead atoms. The molecule has 0 spiro atoms. The van der Waals surface area contributed by atoms with Crippen molar-refractivity contribution < 1.29 is 4.79 Å². The molecule has 0 saturated heterocycles. The standard InChI is InChI=1S/C14H12ClNO/c1-10-5-4-6-11(9-10)16-14(17)12-7-2-3-8-13(12)15/h2-9H,1H3,(H,16,17). The van der Waals surface area contributed by atoms with Crippen LogP contribution in [0.1, 0.15) is 15.9 Å². The summed E-state index contributed by atoms with van der Waals surface area (Å²) >= 11 is 5.96. The number of hydrogen-bond acceptors (Lipinski definition) is 1. The fourth-order valence-corrected chi connectivity index (χ4v) is 1.79. The summed E-state index contributed by atoms with van der Waals surface area (Å²) in [5, 5.41) is 3.27. The minimum Gasteiger partial charge on any atom is -0.322 e. The van der Waals surface area contributed by atoms with Gasteiger partial charge in [0.25, 0.3) is 5.91 Å². The molecule has 2 rings (SSSR count). The largest absolute Gasteiger partial charge is 0.322 e. The van der Waals surface area contributed by atoms with Gasteiger partial charge in [0, 0.05) is 5.69 Å². The van der Waals surface area contributed by atoms with Crippen molar-refractivity contribution in [1.29, 1.82) is 0 Å². The van der Waals surface area contributed by atoms with Crippen LogP contribution in [0.25, 0.3) is 0 Å². The molecule has 0 unspecified atom stereocenters. The number of aryl methyl sites for hydroxylation is 1. The molecule has 86 valence electrons. The van der Waals surface area contributed by atoms with Crippen LogP contribution >= 0.6 is 11.6 Å². The summed E-state index contributed by atoms with van der Waals surface area (Å²) in [5.41, 5.74) is 2.35. The van der Waals surface area contributed by atoms with Crippen molar-refractivity contribution in [1.82, 2.24) is 0 Å². The van der Waals surface area contributed by atoms with E-state index >= 15 is 0 Å². The second-order valence-electron chi connectivity index (χ2n) is 3.80. The maximum atomic E-state index is 12.0. The molecule has 3 heteroatoms. The first kappa shape index (κ1) is 11.7. The molecule has 2 aromatic carbocycles. The van der Waals surface area contributed by atoms with Crippen LogP contribution in [0.4, 0.5) is 5.69 Å². The second kappa shape index (κ2) is 5.02. The Morgan fingerprint density at radius 3 is 2.59 bits per heavy atom. The zero-order chi connectivity index (χ0) is 12.3. The molecule has 0 saturated carbocycles. The van der Waals surface area contributed by atoms with Crippen LogP contribution in [0, 0.1) is 6.92 Å². The Balaban J connectivity index is 2.20. The van der Waals surface area contributed by atoms with Crippen LogP contribution in [0.5, 0.6) is 0 Å². The molecule has 0 aromatic heterocycles. The van der Waals surface area contributed by atoms with Gasteiger partial charge in [-0.25, -0.2) is 0 Å². The predicted octanol–water partition coefficient (Wildman–Crippen LogP) is 3.90. The Hall–Kier alpha value is -1.80. The molecule has 2 nitrogen and oxygen atoms in total. The van der Waals surface area contributed by atoms with Gasteiger partial charge in [-0.05, 0) is 36.8 Å². The maximum absolute atomic E-state index is 12.0. The average molecular weight is 246 g/mol. The van der Waals surface area contributed by atoms with Crippen molar-refractivity contribution in [3.8, 4) is 0 Å². The third-order valence-corrected chi connectivity index (χ3v) is 2.72. The summed E-state index contributed by atoms with van der Waals surface area (Å²) in [6.45, 7) is 1.98. The molecule has 0 aliphatic rings. The molecule has 0 radical (unpaired) electrons. The first-order chi connectivity index (χ1) is 8.16. The van der Waals surface area contributed by atoms with Crippen molar-refractivity contribution in [3.05, 3.63) is 64.7 Å². The number of benzene rings is 2. The van der Waals surface area contributed by atoms with E-state index in [9.17, 15) is 4.79 Å².